The maximum Gasteiger partial charge on any atom is 0.320 e. The van der Waals surface area contributed by atoms with E-state index in [4.69, 9.17) is 11.5 Å². The number of nitrogens with one attached hydrogen (secondary N) is 1. The van der Waals surface area contributed by atoms with Crippen LogP contribution in [0.3, 0.4) is 0 Å². The molecule has 3 heteroatoms. The summed E-state index contributed by atoms with van der Waals surface area (Å²) >= 11 is 0. The first-order valence-corrected chi connectivity index (χ1v) is 2.58. The second-order valence-corrected chi connectivity index (χ2v) is 1.64. The fourth-order valence-electron chi connectivity index (χ4n) is 0.299. The Morgan fingerprint density at radius 2 is 2.56 bits per heavy atom. The van der Waals surface area contributed by atoms with Gasteiger partial charge in [0.25, 0.3) is 0 Å². The Labute approximate surface area is 54.1 Å². The molecule has 0 radical (unpaired) electrons. The minimum Gasteiger partial charge on any atom is -0.480 e. The summed E-state index contributed by atoms with van der Waals surface area (Å²) in [4.78, 5) is 10.1. The van der Waals surface area contributed by atoms with Crippen molar-refractivity contribution in [3.63, 3.8) is 0 Å². The van der Waals surface area contributed by atoms with Gasteiger partial charge in [0.1, 0.15) is 6.04 Å². The average molecular weight is 127 g/mol. The largest absolute Gasteiger partial charge is 0.480 e. The van der Waals surface area contributed by atoms with Gasteiger partial charge in [-0.15, -0.1) is 6.42 Å². The van der Waals surface area contributed by atoms with E-state index in [1.807, 2.05) is 0 Å². The lowest BCUT2D eigenvalue weighted by Crippen LogP contribution is -2.33. The average Bonchev–Trinajstić information content (AvgIpc) is 1.82. The maximum absolute atomic E-state index is 10.1. The number of hydrogen-bond donors (Lipinski definition) is 2. The third-order valence-corrected chi connectivity index (χ3v) is 0.881. The van der Waals surface area contributed by atoms with Crippen molar-refractivity contribution >= 4 is 5.97 Å². The Bertz CT molecular complexity index is 136. The van der Waals surface area contributed by atoms with E-state index >= 15 is 0 Å². The number of terminal acetylenes is 1. The molecular formula is C6H9NO2. The van der Waals surface area contributed by atoms with Crippen molar-refractivity contribution in [2.75, 3.05) is 6.54 Å². The van der Waals surface area contributed by atoms with Crippen molar-refractivity contribution in [2.45, 2.75) is 13.0 Å². The molecule has 1 atom stereocenters. The molecule has 0 heterocycles. The zero-order chi connectivity index (χ0) is 7.28. The molecule has 0 aliphatic heterocycles. The summed E-state index contributed by atoms with van der Waals surface area (Å²) in [6, 6.07) is -0.555. The SMILES string of the molecule is C#CCN[C@H](C)C(=O)O. The molecule has 50 valence electrons. The van der Waals surface area contributed by atoms with Crippen molar-refractivity contribution in [3.05, 3.63) is 0 Å². The van der Waals surface area contributed by atoms with Gasteiger partial charge in [-0.05, 0) is 6.92 Å². The molecule has 9 heavy (non-hydrogen) atoms. The van der Waals surface area contributed by atoms with Crippen LogP contribution < -0.4 is 5.32 Å². The minimum atomic E-state index is -0.884. The van der Waals surface area contributed by atoms with Crippen LogP contribution in [0.4, 0.5) is 0 Å². The number of aliphatic carboxylic acids is 1. The Morgan fingerprint density at radius 1 is 2.00 bits per heavy atom. The highest BCUT2D eigenvalue weighted by atomic mass is 16.4. The molecule has 3 nitrogen and oxygen atoms in total. The van der Waals surface area contributed by atoms with Crippen LogP contribution in [-0.2, 0) is 4.79 Å². The van der Waals surface area contributed by atoms with E-state index in [0.717, 1.165) is 0 Å². The Hall–Kier alpha value is -1.01. The summed E-state index contributed by atoms with van der Waals surface area (Å²) in [7, 11) is 0. The van der Waals surface area contributed by atoms with Crippen LogP contribution in [0.15, 0.2) is 0 Å². The van der Waals surface area contributed by atoms with E-state index in [-0.39, 0.29) is 0 Å². The molecule has 0 fully saturated rings. The minimum absolute atomic E-state index is 0.299. The molecule has 0 spiro atoms. The molecule has 0 bridgehead atoms. The second kappa shape index (κ2) is 3.93. The fraction of sp³-hybridized carbons (Fsp3) is 0.500. The molecule has 2 N–H and O–H groups in total. The van der Waals surface area contributed by atoms with Gasteiger partial charge in [-0.2, -0.15) is 0 Å². The third-order valence-electron chi connectivity index (χ3n) is 0.881. The van der Waals surface area contributed by atoms with Gasteiger partial charge in [0.05, 0.1) is 6.54 Å². The summed E-state index contributed by atoms with van der Waals surface area (Å²) in [5.74, 6) is 1.40. The van der Waals surface area contributed by atoms with E-state index in [9.17, 15) is 4.79 Å². The van der Waals surface area contributed by atoms with E-state index in [1.54, 1.807) is 6.92 Å². The first-order valence-electron chi connectivity index (χ1n) is 2.58. The fourth-order valence-corrected chi connectivity index (χ4v) is 0.299. The first-order chi connectivity index (χ1) is 4.18. The van der Waals surface area contributed by atoms with E-state index in [1.165, 1.54) is 0 Å². The topological polar surface area (TPSA) is 49.3 Å². The van der Waals surface area contributed by atoms with Crippen LogP contribution in [0.25, 0.3) is 0 Å². The second-order valence-electron chi connectivity index (χ2n) is 1.64. The van der Waals surface area contributed by atoms with Crippen molar-refractivity contribution in [2.24, 2.45) is 0 Å². The lowest BCUT2D eigenvalue weighted by atomic mass is 10.3. The number of carboxylic acids is 1. The van der Waals surface area contributed by atoms with E-state index < -0.39 is 12.0 Å². The number of carboxylic acid groups (broad SMARTS) is 1. The number of rotatable bonds is 3. The molecule has 0 aliphatic carbocycles. The van der Waals surface area contributed by atoms with Crippen molar-refractivity contribution in [1.29, 1.82) is 0 Å². The first kappa shape index (κ1) is 7.99. The normalized spacial score (nSPS) is 12.0. The summed E-state index contributed by atoms with van der Waals surface area (Å²) in [6.45, 7) is 1.84. The van der Waals surface area contributed by atoms with Gasteiger partial charge < -0.3 is 5.11 Å². The van der Waals surface area contributed by atoms with Gasteiger partial charge in [-0.1, -0.05) is 5.92 Å². The predicted octanol–water partition coefficient (Wildman–Crippen LogP) is -0.318. The van der Waals surface area contributed by atoms with Gasteiger partial charge in [0.2, 0.25) is 0 Å². The van der Waals surface area contributed by atoms with Crippen LogP contribution >= 0.6 is 0 Å². The summed E-state index contributed by atoms with van der Waals surface area (Å²) in [5, 5.41) is 10.9. The third kappa shape index (κ3) is 3.56. The summed E-state index contributed by atoms with van der Waals surface area (Å²) < 4.78 is 0. The molecule has 0 aromatic rings. The Morgan fingerprint density at radius 3 is 2.89 bits per heavy atom. The lowest BCUT2D eigenvalue weighted by molar-refractivity contribution is -0.138. The van der Waals surface area contributed by atoms with Crippen LogP contribution in [0.5, 0.6) is 0 Å². The zero-order valence-electron chi connectivity index (χ0n) is 5.22. The number of hydrogen-bond acceptors (Lipinski definition) is 2. The highest BCUT2D eigenvalue weighted by Gasteiger charge is 2.06. The lowest BCUT2D eigenvalue weighted by Gasteiger charge is -2.03. The molecular weight excluding hydrogens is 118 g/mol. The highest BCUT2D eigenvalue weighted by molar-refractivity contribution is 5.72. The van der Waals surface area contributed by atoms with Crippen LogP contribution in [0, 0.1) is 12.3 Å². The van der Waals surface area contributed by atoms with Crippen LogP contribution in [0.1, 0.15) is 6.92 Å². The molecule has 0 saturated carbocycles. The Kier molecular flexibility index (Phi) is 3.49. The zero-order valence-corrected chi connectivity index (χ0v) is 5.22. The summed E-state index contributed by atoms with van der Waals surface area (Å²) in [5.41, 5.74) is 0. The van der Waals surface area contributed by atoms with Gasteiger partial charge >= 0.3 is 5.97 Å². The number of carbonyl (C=O) groups is 1. The highest BCUT2D eigenvalue weighted by Crippen LogP contribution is 1.77. The van der Waals surface area contributed by atoms with Gasteiger partial charge in [-0.25, -0.2) is 0 Å². The van der Waals surface area contributed by atoms with Crippen LogP contribution in [-0.4, -0.2) is 23.7 Å². The maximum atomic E-state index is 10.1. The monoisotopic (exact) mass is 127 g/mol. The molecule has 0 rings (SSSR count). The van der Waals surface area contributed by atoms with E-state index in [0.29, 0.717) is 6.54 Å². The van der Waals surface area contributed by atoms with E-state index in [2.05, 4.69) is 11.2 Å². The smallest absolute Gasteiger partial charge is 0.320 e. The van der Waals surface area contributed by atoms with Gasteiger partial charge in [-0.3, -0.25) is 10.1 Å². The molecule has 0 saturated heterocycles. The molecule has 0 aliphatic rings. The molecule has 0 unspecified atom stereocenters. The van der Waals surface area contributed by atoms with Crippen molar-refractivity contribution in [3.8, 4) is 12.3 Å². The quantitative estimate of drug-likeness (QED) is 0.511. The van der Waals surface area contributed by atoms with Gasteiger partial charge in [0, 0.05) is 0 Å². The van der Waals surface area contributed by atoms with Crippen molar-refractivity contribution < 1.29 is 9.90 Å². The van der Waals surface area contributed by atoms with Crippen LogP contribution in [0.2, 0.25) is 0 Å². The van der Waals surface area contributed by atoms with Crippen molar-refractivity contribution in [1.82, 2.24) is 5.32 Å². The molecule has 0 amide bonds. The Balaban J connectivity index is 3.41. The summed E-state index contributed by atoms with van der Waals surface area (Å²) in [6.07, 6.45) is 4.87. The standard InChI is InChI=1S/C6H9NO2/c1-3-4-7-5(2)6(8)9/h1,5,7H,4H2,2H3,(H,8,9)/t5-/m1/s1. The van der Waals surface area contributed by atoms with Gasteiger partial charge in [0.15, 0.2) is 0 Å². The molecule has 0 aromatic carbocycles. The molecule has 0 aromatic heterocycles. The predicted molar refractivity (Wildman–Crippen MR) is 33.9 cm³/mol.